The Morgan fingerprint density at radius 1 is 1.33 bits per heavy atom. The van der Waals surface area contributed by atoms with Gasteiger partial charge in [0.05, 0.1) is 17.9 Å². The standard InChI is InChI=1S/C8H8O4S2.Na.H/c1-12-14(10,11)13-8(9)7-5-3-2-4-6-7;;/h2-6H,1H3;;/q;+1;-1. The van der Waals surface area contributed by atoms with Gasteiger partial charge in [0.2, 0.25) is 5.12 Å². The van der Waals surface area contributed by atoms with E-state index in [9.17, 15) is 13.2 Å². The summed E-state index contributed by atoms with van der Waals surface area (Å²) < 4.78 is 26.0. The van der Waals surface area contributed by atoms with Gasteiger partial charge in [0.15, 0.2) is 0 Å². The minimum absolute atomic E-state index is 0. The van der Waals surface area contributed by atoms with Crippen LogP contribution in [-0.2, 0) is 13.3 Å². The second-order valence-electron chi connectivity index (χ2n) is 2.31. The molecule has 0 heterocycles. The van der Waals surface area contributed by atoms with Gasteiger partial charge < -0.3 is 1.43 Å². The third-order valence-corrected chi connectivity index (χ3v) is 3.87. The molecule has 0 N–H and O–H groups in total. The fourth-order valence-corrected chi connectivity index (χ4v) is 2.28. The summed E-state index contributed by atoms with van der Waals surface area (Å²) in [4.78, 5) is 11.3. The zero-order valence-corrected chi connectivity index (χ0v) is 12.0. The molecule has 78 valence electrons. The predicted octanol–water partition coefficient (Wildman–Crippen LogP) is -1.43. The fourth-order valence-electron chi connectivity index (χ4n) is 0.749. The Balaban J connectivity index is 0. The Bertz CT molecular complexity index is 421. The van der Waals surface area contributed by atoms with Gasteiger partial charge in [-0.05, 0) is 0 Å². The zero-order valence-electron chi connectivity index (χ0n) is 9.34. The van der Waals surface area contributed by atoms with E-state index in [0.717, 1.165) is 7.11 Å². The van der Waals surface area contributed by atoms with Crippen LogP contribution < -0.4 is 29.6 Å². The molecule has 0 saturated carbocycles. The minimum Gasteiger partial charge on any atom is -1.00 e. The quantitative estimate of drug-likeness (QED) is 0.490. The number of carbonyl (C=O) groups is 1. The van der Waals surface area contributed by atoms with Crippen molar-refractivity contribution >= 4 is 25.1 Å². The summed E-state index contributed by atoms with van der Waals surface area (Å²) in [6, 6.07) is 8.15. The Morgan fingerprint density at radius 3 is 2.33 bits per heavy atom. The molecule has 0 bridgehead atoms. The van der Waals surface area contributed by atoms with Gasteiger partial charge in [-0.15, -0.1) is 0 Å². The van der Waals surface area contributed by atoms with Crippen molar-refractivity contribution in [2.75, 3.05) is 7.11 Å². The van der Waals surface area contributed by atoms with Crippen LogP contribution >= 0.6 is 10.8 Å². The molecule has 1 aromatic rings. The summed E-state index contributed by atoms with van der Waals surface area (Å²) in [6.07, 6.45) is 0. The number of hydrogen-bond acceptors (Lipinski definition) is 5. The number of rotatable bonds is 3. The van der Waals surface area contributed by atoms with Crippen LogP contribution in [0.5, 0.6) is 0 Å². The van der Waals surface area contributed by atoms with Crippen molar-refractivity contribution < 1.29 is 48.4 Å². The SMILES string of the molecule is COS(=O)(=O)SC(=O)c1ccccc1.[H-].[Na+]. The van der Waals surface area contributed by atoms with Crippen molar-refractivity contribution in [2.24, 2.45) is 0 Å². The summed E-state index contributed by atoms with van der Waals surface area (Å²) in [7, 11) is -2.62. The van der Waals surface area contributed by atoms with Crippen LogP contribution in [0, 0.1) is 0 Å². The van der Waals surface area contributed by atoms with Crippen molar-refractivity contribution in [2.45, 2.75) is 0 Å². The second-order valence-corrected chi connectivity index (χ2v) is 5.72. The molecule has 1 aromatic carbocycles. The number of carbonyl (C=O) groups excluding carboxylic acids is 1. The summed E-state index contributed by atoms with van der Waals surface area (Å²) >= 11 is 0. The van der Waals surface area contributed by atoms with Crippen molar-refractivity contribution in [3.8, 4) is 0 Å². The van der Waals surface area contributed by atoms with Crippen LogP contribution in [0.3, 0.4) is 0 Å². The van der Waals surface area contributed by atoms with Crippen LogP contribution in [0.1, 0.15) is 11.8 Å². The van der Waals surface area contributed by atoms with E-state index in [2.05, 4.69) is 4.18 Å². The molecule has 0 amide bonds. The van der Waals surface area contributed by atoms with E-state index in [0.29, 0.717) is 5.56 Å². The molecule has 0 aliphatic carbocycles. The number of hydrogen-bond donors (Lipinski definition) is 0. The maximum absolute atomic E-state index is 11.3. The first kappa shape index (κ1) is 15.2. The third kappa shape index (κ3) is 5.14. The summed E-state index contributed by atoms with van der Waals surface area (Å²) in [5.41, 5.74) is 0.332. The Hall–Kier alpha value is 0.150. The van der Waals surface area contributed by atoms with E-state index in [4.69, 9.17) is 0 Å². The zero-order chi connectivity index (χ0) is 10.6. The van der Waals surface area contributed by atoms with Gasteiger partial charge in [0.25, 0.3) is 0 Å². The molecule has 0 aromatic heterocycles. The van der Waals surface area contributed by atoms with Crippen molar-refractivity contribution in [1.82, 2.24) is 0 Å². The molecular weight excluding hydrogens is 247 g/mol. The third-order valence-electron chi connectivity index (χ3n) is 1.39. The van der Waals surface area contributed by atoms with Gasteiger partial charge in [-0.25, -0.2) is 0 Å². The van der Waals surface area contributed by atoms with Gasteiger partial charge >= 0.3 is 38.7 Å². The summed E-state index contributed by atoms with van der Waals surface area (Å²) in [5.74, 6) is 0. The Kier molecular flexibility index (Phi) is 6.74. The van der Waals surface area contributed by atoms with Gasteiger partial charge in [-0.2, -0.15) is 8.42 Å². The Labute approximate surface area is 116 Å². The van der Waals surface area contributed by atoms with Crippen molar-refractivity contribution in [1.29, 1.82) is 0 Å². The molecule has 0 unspecified atom stereocenters. The molecule has 4 nitrogen and oxygen atoms in total. The number of benzene rings is 1. The largest absolute Gasteiger partial charge is 1.00 e. The molecule has 0 fully saturated rings. The molecule has 0 aliphatic heterocycles. The maximum Gasteiger partial charge on any atom is 1.00 e. The summed E-state index contributed by atoms with van der Waals surface area (Å²) in [5, 5.41) is -0.549. The molecule has 0 spiro atoms. The topological polar surface area (TPSA) is 60.4 Å². The van der Waals surface area contributed by atoms with E-state index in [-0.39, 0.29) is 41.8 Å². The van der Waals surface area contributed by atoms with Crippen LogP contribution in [0.25, 0.3) is 0 Å². The first-order valence-corrected chi connectivity index (χ1v) is 6.39. The van der Waals surface area contributed by atoms with E-state index < -0.39 is 14.3 Å². The second kappa shape index (κ2) is 6.67. The van der Waals surface area contributed by atoms with Gasteiger partial charge in [0.1, 0.15) is 0 Å². The van der Waals surface area contributed by atoms with E-state index in [1.54, 1.807) is 30.3 Å². The van der Waals surface area contributed by atoms with Crippen LogP contribution in [0.15, 0.2) is 30.3 Å². The smallest absolute Gasteiger partial charge is 1.00 e. The monoisotopic (exact) mass is 256 g/mol. The first-order valence-electron chi connectivity index (χ1n) is 3.64. The molecule has 0 atom stereocenters. The van der Waals surface area contributed by atoms with Gasteiger partial charge in [0, 0.05) is 5.56 Å². The van der Waals surface area contributed by atoms with E-state index >= 15 is 0 Å². The molecule has 0 aliphatic rings. The van der Waals surface area contributed by atoms with E-state index in [1.807, 2.05) is 0 Å². The van der Waals surface area contributed by atoms with Crippen molar-refractivity contribution in [3.63, 3.8) is 0 Å². The maximum atomic E-state index is 11.3. The van der Waals surface area contributed by atoms with Crippen molar-refractivity contribution in [3.05, 3.63) is 35.9 Å². The van der Waals surface area contributed by atoms with Gasteiger partial charge in [-0.3, -0.25) is 8.98 Å². The van der Waals surface area contributed by atoms with Gasteiger partial charge in [-0.1, -0.05) is 30.3 Å². The van der Waals surface area contributed by atoms with Crippen LogP contribution in [0.2, 0.25) is 0 Å². The van der Waals surface area contributed by atoms with Crippen LogP contribution in [0.4, 0.5) is 0 Å². The first-order chi connectivity index (χ1) is 6.55. The molecular formula is C8H9NaO4S2. The average molecular weight is 256 g/mol. The summed E-state index contributed by atoms with van der Waals surface area (Å²) in [6.45, 7) is 0. The minimum atomic E-state index is -3.80. The molecule has 0 radical (unpaired) electrons. The average Bonchev–Trinajstić information content (AvgIpc) is 2.19. The Morgan fingerprint density at radius 2 is 1.87 bits per heavy atom. The molecule has 1 rings (SSSR count). The molecule has 7 heteroatoms. The fraction of sp³-hybridized carbons (Fsp3) is 0.125. The van der Waals surface area contributed by atoms with E-state index in [1.165, 1.54) is 0 Å². The van der Waals surface area contributed by atoms with Crippen LogP contribution in [-0.4, -0.2) is 20.6 Å². The normalized spacial score (nSPS) is 10.5. The molecule has 15 heavy (non-hydrogen) atoms. The predicted molar refractivity (Wildman–Crippen MR) is 55.4 cm³/mol. The molecule has 0 saturated heterocycles.